The predicted molar refractivity (Wildman–Crippen MR) is 120 cm³/mol. The number of methoxy groups -OCH3 is 2. The number of guanidine groups is 1. The Hall–Kier alpha value is -2.73. The van der Waals surface area contributed by atoms with Crippen molar-refractivity contribution in [1.82, 2.24) is 15.5 Å². The molecule has 29 heavy (non-hydrogen) atoms. The lowest BCUT2D eigenvalue weighted by molar-refractivity contribution is 0.290. The van der Waals surface area contributed by atoms with Gasteiger partial charge in [0.15, 0.2) is 17.5 Å². The first-order valence-electron chi connectivity index (χ1n) is 9.93. The van der Waals surface area contributed by atoms with Crippen molar-refractivity contribution in [3.8, 4) is 11.5 Å². The highest BCUT2D eigenvalue weighted by molar-refractivity contribution is 5.79. The average Bonchev–Trinajstić information content (AvgIpc) is 2.75. The zero-order chi connectivity index (χ0) is 21.1. The molecule has 0 aliphatic heterocycles. The molecule has 0 radical (unpaired) electrons. The van der Waals surface area contributed by atoms with Crippen LogP contribution in [0.5, 0.6) is 11.5 Å². The molecule has 2 rings (SSSR count). The van der Waals surface area contributed by atoms with Gasteiger partial charge in [0.2, 0.25) is 0 Å². The number of likely N-dealkylation sites (N-methyl/N-ethyl adjacent to an activating group) is 1. The van der Waals surface area contributed by atoms with Gasteiger partial charge in [-0.2, -0.15) is 0 Å². The molecule has 1 atom stereocenters. The van der Waals surface area contributed by atoms with Gasteiger partial charge in [0.25, 0.3) is 0 Å². The molecule has 1 unspecified atom stereocenters. The van der Waals surface area contributed by atoms with E-state index in [0.717, 1.165) is 43.4 Å². The Morgan fingerprint density at radius 2 is 1.69 bits per heavy atom. The molecule has 6 nitrogen and oxygen atoms in total. The van der Waals surface area contributed by atoms with Gasteiger partial charge >= 0.3 is 0 Å². The fourth-order valence-electron chi connectivity index (χ4n) is 3.12. The minimum Gasteiger partial charge on any atom is -0.493 e. The van der Waals surface area contributed by atoms with Gasteiger partial charge in [-0.3, -0.25) is 4.99 Å². The van der Waals surface area contributed by atoms with Crippen molar-refractivity contribution in [2.75, 3.05) is 48.5 Å². The van der Waals surface area contributed by atoms with E-state index in [1.165, 1.54) is 11.1 Å². The number of nitrogens with zero attached hydrogens (tertiary/aromatic N) is 2. The smallest absolute Gasteiger partial charge is 0.191 e. The van der Waals surface area contributed by atoms with Crippen LogP contribution in [0, 0.1) is 0 Å². The molecule has 0 aliphatic rings. The molecular formula is C23H34N4O2. The van der Waals surface area contributed by atoms with Gasteiger partial charge in [-0.15, -0.1) is 0 Å². The summed E-state index contributed by atoms with van der Waals surface area (Å²) >= 11 is 0. The standard InChI is InChI=1S/C23H34N4O2/c1-24-23(25-14-13-19-11-12-21(28-4)22(16-19)29-5)26-17-20(27(2)3)15-18-9-7-6-8-10-18/h6-12,16,20H,13-15,17H2,1-5H3,(H2,24,25,26). The van der Waals surface area contributed by atoms with Crippen molar-refractivity contribution in [2.24, 2.45) is 4.99 Å². The van der Waals surface area contributed by atoms with Gasteiger partial charge in [-0.25, -0.2) is 0 Å². The summed E-state index contributed by atoms with van der Waals surface area (Å²) in [5.74, 6) is 2.31. The summed E-state index contributed by atoms with van der Waals surface area (Å²) < 4.78 is 10.7. The van der Waals surface area contributed by atoms with Gasteiger partial charge in [-0.1, -0.05) is 36.4 Å². The molecule has 0 aliphatic carbocycles. The quantitative estimate of drug-likeness (QED) is 0.476. The lowest BCUT2D eigenvalue weighted by atomic mass is 10.1. The summed E-state index contributed by atoms with van der Waals surface area (Å²) in [6.45, 7) is 1.60. The van der Waals surface area contributed by atoms with Crippen LogP contribution in [0.25, 0.3) is 0 Å². The van der Waals surface area contributed by atoms with Crippen LogP contribution in [0.15, 0.2) is 53.5 Å². The normalized spacial score (nSPS) is 12.6. The Morgan fingerprint density at radius 1 is 0.966 bits per heavy atom. The van der Waals surface area contributed by atoms with Crippen molar-refractivity contribution >= 4 is 5.96 Å². The summed E-state index contributed by atoms with van der Waals surface area (Å²) in [5, 5.41) is 6.84. The van der Waals surface area contributed by atoms with Gasteiger partial charge in [0, 0.05) is 26.2 Å². The largest absolute Gasteiger partial charge is 0.493 e. The van der Waals surface area contributed by atoms with E-state index in [4.69, 9.17) is 9.47 Å². The van der Waals surface area contributed by atoms with E-state index in [-0.39, 0.29) is 0 Å². The maximum Gasteiger partial charge on any atom is 0.191 e. The lowest BCUT2D eigenvalue weighted by Crippen LogP contribution is -2.46. The second-order valence-corrected chi connectivity index (χ2v) is 7.13. The van der Waals surface area contributed by atoms with Crippen LogP contribution in [0.3, 0.4) is 0 Å². The average molecular weight is 399 g/mol. The number of nitrogens with one attached hydrogen (secondary N) is 2. The minimum atomic E-state index is 0.377. The minimum absolute atomic E-state index is 0.377. The van der Waals surface area contributed by atoms with E-state index in [9.17, 15) is 0 Å². The van der Waals surface area contributed by atoms with Crippen molar-refractivity contribution < 1.29 is 9.47 Å². The molecule has 158 valence electrons. The molecule has 2 aromatic rings. The van der Waals surface area contributed by atoms with Gasteiger partial charge in [0.1, 0.15) is 0 Å². The fraction of sp³-hybridized carbons (Fsp3) is 0.435. The van der Waals surface area contributed by atoms with Gasteiger partial charge in [0.05, 0.1) is 14.2 Å². The van der Waals surface area contributed by atoms with Crippen LogP contribution in [0.2, 0.25) is 0 Å². The predicted octanol–water partition coefficient (Wildman–Crippen LogP) is 2.58. The van der Waals surface area contributed by atoms with E-state index in [1.54, 1.807) is 21.3 Å². The number of hydrogen-bond donors (Lipinski definition) is 2. The summed E-state index contributed by atoms with van der Waals surface area (Å²) in [6.07, 6.45) is 1.85. The highest BCUT2D eigenvalue weighted by Gasteiger charge is 2.13. The molecule has 0 aromatic heterocycles. The van der Waals surface area contributed by atoms with Gasteiger partial charge in [-0.05, 0) is 50.2 Å². The maximum atomic E-state index is 5.38. The number of hydrogen-bond acceptors (Lipinski definition) is 4. The molecule has 0 saturated heterocycles. The molecule has 0 spiro atoms. The molecule has 0 fully saturated rings. The summed E-state index contributed by atoms with van der Waals surface area (Å²) in [6, 6.07) is 17.0. The Labute approximate surface area is 174 Å². The summed E-state index contributed by atoms with van der Waals surface area (Å²) in [4.78, 5) is 6.60. The van der Waals surface area contributed by atoms with E-state index >= 15 is 0 Å². The molecule has 2 aromatic carbocycles. The van der Waals surface area contributed by atoms with E-state index in [2.05, 4.69) is 71.0 Å². The molecule has 6 heteroatoms. The zero-order valence-corrected chi connectivity index (χ0v) is 18.2. The lowest BCUT2D eigenvalue weighted by Gasteiger charge is -2.25. The van der Waals surface area contributed by atoms with Crippen molar-refractivity contribution in [3.05, 3.63) is 59.7 Å². The number of ether oxygens (including phenoxy) is 2. The summed E-state index contributed by atoms with van der Waals surface area (Å²) in [5.41, 5.74) is 2.52. The topological polar surface area (TPSA) is 58.1 Å². The third kappa shape index (κ3) is 7.31. The SMILES string of the molecule is CN=C(NCCc1ccc(OC)c(OC)c1)NCC(Cc1ccccc1)N(C)C. The summed E-state index contributed by atoms with van der Waals surface area (Å²) in [7, 11) is 9.33. The first-order valence-corrected chi connectivity index (χ1v) is 9.93. The van der Waals surface area contributed by atoms with E-state index in [1.807, 2.05) is 12.1 Å². The number of aliphatic imine (C=N–C) groups is 1. The van der Waals surface area contributed by atoms with Crippen LogP contribution < -0.4 is 20.1 Å². The highest BCUT2D eigenvalue weighted by Crippen LogP contribution is 2.27. The van der Waals surface area contributed by atoms with Gasteiger partial charge < -0.3 is 25.0 Å². The van der Waals surface area contributed by atoms with Crippen LogP contribution in [-0.4, -0.2) is 65.4 Å². The maximum absolute atomic E-state index is 5.38. The third-order valence-corrected chi connectivity index (χ3v) is 4.93. The van der Waals surface area contributed by atoms with Crippen molar-refractivity contribution in [3.63, 3.8) is 0 Å². The van der Waals surface area contributed by atoms with Crippen LogP contribution in [0.1, 0.15) is 11.1 Å². The monoisotopic (exact) mass is 398 g/mol. The zero-order valence-electron chi connectivity index (χ0n) is 18.2. The fourth-order valence-corrected chi connectivity index (χ4v) is 3.12. The van der Waals surface area contributed by atoms with Crippen molar-refractivity contribution in [2.45, 2.75) is 18.9 Å². The molecule has 0 bridgehead atoms. The highest BCUT2D eigenvalue weighted by atomic mass is 16.5. The van der Waals surface area contributed by atoms with Crippen LogP contribution >= 0.6 is 0 Å². The Bertz CT molecular complexity index is 763. The first-order chi connectivity index (χ1) is 14.1. The molecule has 2 N–H and O–H groups in total. The number of rotatable bonds is 10. The second-order valence-electron chi connectivity index (χ2n) is 7.13. The molecular weight excluding hydrogens is 364 g/mol. The Morgan fingerprint density at radius 3 is 2.31 bits per heavy atom. The Balaban J connectivity index is 1.83. The Kier molecular flexibility index (Phi) is 9.31. The van der Waals surface area contributed by atoms with E-state index < -0.39 is 0 Å². The molecule has 0 amide bonds. The van der Waals surface area contributed by atoms with Crippen molar-refractivity contribution in [1.29, 1.82) is 0 Å². The van der Waals surface area contributed by atoms with Crippen LogP contribution in [-0.2, 0) is 12.8 Å². The molecule has 0 saturated carbocycles. The first kappa shape index (κ1) is 22.6. The van der Waals surface area contributed by atoms with E-state index in [0.29, 0.717) is 6.04 Å². The third-order valence-electron chi connectivity index (χ3n) is 4.93. The second kappa shape index (κ2) is 12.0. The molecule has 0 heterocycles. The number of benzene rings is 2. The van der Waals surface area contributed by atoms with Crippen LogP contribution in [0.4, 0.5) is 0 Å².